The van der Waals surface area contributed by atoms with Crippen LogP contribution in [-0.4, -0.2) is 53.2 Å². The SMILES string of the molecule is CCn1nc(C)c(Cl)c1CC(=O)CN1CCCNCC1. The number of halogens is 1. The van der Waals surface area contributed by atoms with Crippen LogP contribution < -0.4 is 5.32 Å². The van der Waals surface area contributed by atoms with Crippen molar-refractivity contribution in [1.29, 1.82) is 0 Å². The highest BCUT2D eigenvalue weighted by molar-refractivity contribution is 6.32. The van der Waals surface area contributed by atoms with E-state index in [1.54, 1.807) is 0 Å². The first kappa shape index (κ1) is 15.5. The van der Waals surface area contributed by atoms with Crippen molar-refractivity contribution in [3.63, 3.8) is 0 Å². The zero-order chi connectivity index (χ0) is 14.5. The van der Waals surface area contributed by atoms with Crippen LogP contribution in [0, 0.1) is 6.92 Å². The molecule has 2 rings (SSSR count). The van der Waals surface area contributed by atoms with E-state index in [-0.39, 0.29) is 5.78 Å². The van der Waals surface area contributed by atoms with Gasteiger partial charge in [-0.15, -0.1) is 0 Å². The molecule has 0 spiro atoms. The number of carbonyl (C=O) groups is 1. The highest BCUT2D eigenvalue weighted by Gasteiger charge is 2.18. The summed E-state index contributed by atoms with van der Waals surface area (Å²) in [7, 11) is 0. The molecule has 1 N–H and O–H groups in total. The average Bonchev–Trinajstić information content (AvgIpc) is 2.64. The molecule has 5 nitrogen and oxygen atoms in total. The normalized spacial score (nSPS) is 17.1. The molecule has 0 aliphatic carbocycles. The molecule has 0 unspecified atom stereocenters. The molecule has 0 saturated carbocycles. The summed E-state index contributed by atoms with van der Waals surface area (Å²) in [5.41, 5.74) is 1.65. The number of nitrogens with zero attached hydrogens (tertiary/aromatic N) is 3. The van der Waals surface area contributed by atoms with E-state index < -0.39 is 0 Å². The van der Waals surface area contributed by atoms with Gasteiger partial charge in [-0.25, -0.2) is 0 Å². The van der Waals surface area contributed by atoms with Crippen molar-refractivity contribution in [2.24, 2.45) is 0 Å². The van der Waals surface area contributed by atoms with E-state index in [0.717, 1.165) is 50.5 Å². The van der Waals surface area contributed by atoms with Crippen LogP contribution in [0.5, 0.6) is 0 Å². The molecule has 1 fully saturated rings. The number of rotatable bonds is 5. The van der Waals surface area contributed by atoms with E-state index in [4.69, 9.17) is 11.6 Å². The van der Waals surface area contributed by atoms with Gasteiger partial charge in [0, 0.05) is 19.6 Å². The van der Waals surface area contributed by atoms with Gasteiger partial charge in [0.2, 0.25) is 0 Å². The minimum absolute atomic E-state index is 0.211. The fourth-order valence-electron chi connectivity index (χ4n) is 2.59. The Morgan fingerprint density at radius 1 is 1.40 bits per heavy atom. The highest BCUT2D eigenvalue weighted by Crippen LogP contribution is 2.21. The van der Waals surface area contributed by atoms with Crippen LogP contribution >= 0.6 is 11.6 Å². The van der Waals surface area contributed by atoms with Crippen LogP contribution in [0.3, 0.4) is 0 Å². The Kier molecular flexibility index (Phi) is 5.57. The summed E-state index contributed by atoms with van der Waals surface area (Å²) < 4.78 is 1.83. The molecule has 112 valence electrons. The molecule has 1 aliphatic rings. The van der Waals surface area contributed by atoms with Crippen molar-refractivity contribution in [1.82, 2.24) is 20.0 Å². The maximum Gasteiger partial charge on any atom is 0.152 e. The molecule has 0 amide bonds. The van der Waals surface area contributed by atoms with Crippen molar-refractivity contribution in [2.75, 3.05) is 32.7 Å². The van der Waals surface area contributed by atoms with Gasteiger partial charge in [-0.1, -0.05) is 11.6 Å². The number of nitrogens with one attached hydrogen (secondary N) is 1. The summed E-state index contributed by atoms with van der Waals surface area (Å²) in [4.78, 5) is 14.5. The Balaban J connectivity index is 1.97. The summed E-state index contributed by atoms with van der Waals surface area (Å²) in [5.74, 6) is 0.211. The minimum atomic E-state index is 0.211. The zero-order valence-corrected chi connectivity index (χ0v) is 13.0. The number of aromatic nitrogens is 2. The van der Waals surface area contributed by atoms with E-state index >= 15 is 0 Å². The van der Waals surface area contributed by atoms with Crippen LogP contribution in [0.2, 0.25) is 5.02 Å². The third-order valence-electron chi connectivity index (χ3n) is 3.65. The fourth-order valence-corrected chi connectivity index (χ4v) is 2.79. The van der Waals surface area contributed by atoms with Gasteiger partial charge in [0.15, 0.2) is 5.78 Å². The smallest absolute Gasteiger partial charge is 0.152 e. The molecule has 0 radical (unpaired) electrons. The quantitative estimate of drug-likeness (QED) is 0.889. The first-order valence-corrected chi connectivity index (χ1v) is 7.66. The summed E-state index contributed by atoms with van der Waals surface area (Å²) >= 11 is 6.25. The first-order valence-electron chi connectivity index (χ1n) is 7.28. The summed E-state index contributed by atoms with van der Waals surface area (Å²) in [6.07, 6.45) is 1.47. The van der Waals surface area contributed by atoms with Crippen molar-refractivity contribution in [2.45, 2.75) is 33.2 Å². The predicted molar refractivity (Wildman–Crippen MR) is 80.3 cm³/mol. The van der Waals surface area contributed by atoms with Crippen LogP contribution in [0.4, 0.5) is 0 Å². The largest absolute Gasteiger partial charge is 0.315 e. The van der Waals surface area contributed by atoms with Crippen LogP contribution in [-0.2, 0) is 17.8 Å². The van der Waals surface area contributed by atoms with Gasteiger partial charge in [-0.05, 0) is 33.4 Å². The van der Waals surface area contributed by atoms with Crippen molar-refractivity contribution in [3.8, 4) is 0 Å². The van der Waals surface area contributed by atoms with Crippen molar-refractivity contribution >= 4 is 17.4 Å². The molecule has 1 aromatic rings. The van der Waals surface area contributed by atoms with Crippen molar-refractivity contribution < 1.29 is 4.79 Å². The third-order valence-corrected chi connectivity index (χ3v) is 4.14. The molecule has 20 heavy (non-hydrogen) atoms. The van der Waals surface area contributed by atoms with E-state index in [1.807, 2.05) is 18.5 Å². The number of hydrogen-bond acceptors (Lipinski definition) is 4. The predicted octanol–water partition coefficient (Wildman–Crippen LogP) is 1.27. The van der Waals surface area contributed by atoms with Gasteiger partial charge in [0.05, 0.1) is 29.4 Å². The second kappa shape index (κ2) is 7.20. The van der Waals surface area contributed by atoms with Gasteiger partial charge in [0.25, 0.3) is 0 Å². The third kappa shape index (κ3) is 3.81. The number of hydrogen-bond donors (Lipinski definition) is 1. The molecule has 1 saturated heterocycles. The van der Waals surface area contributed by atoms with Crippen LogP contribution in [0.15, 0.2) is 0 Å². The monoisotopic (exact) mass is 298 g/mol. The molecule has 0 bridgehead atoms. The Labute approximate surface area is 125 Å². The lowest BCUT2D eigenvalue weighted by molar-refractivity contribution is -0.119. The number of Topliss-reactive ketones (excluding diaryl/α,β-unsaturated/α-hetero) is 1. The van der Waals surface area contributed by atoms with E-state index in [2.05, 4.69) is 15.3 Å². The summed E-state index contributed by atoms with van der Waals surface area (Å²) in [5, 5.41) is 8.33. The molecule has 0 aromatic carbocycles. The summed E-state index contributed by atoms with van der Waals surface area (Å²) in [6, 6.07) is 0. The topological polar surface area (TPSA) is 50.2 Å². The number of aryl methyl sites for hydroxylation is 2. The van der Waals surface area contributed by atoms with Crippen molar-refractivity contribution in [3.05, 3.63) is 16.4 Å². The Morgan fingerprint density at radius 3 is 2.95 bits per heavy atom. The standard InChI is InChI=1S/C14H23ClN4O/c1-3-19-13(14(15)11(2)17-19)9-12(20)10-18-7-4-5-16-6-8-18/h16H,3-10H2,1-2H3. The molecule has 2 heterocycles. The molecule has 0 atom stereocenters. The van der Waals surface area contributed by atoms with Crippen LogP contribution in [0.1, 0.15) is 24.7 Å². The van der Waals surface area contributed by atoms with Crippen LogP contribution in [0.25, 0.3) is 0 Å². The minimum Gasteiger partial charge on any atom is -0.315 e. The molecule has 6 heteroatoms. The van der Waals surface area contributed by atoms with E-state index in [9.17, 15) is 4.79 Å². The first-order chi connectivity index (χ1) is 9.61. The second-order valence-electron chi connectivity index (χ2n) is 5.26. The lowest BCUT2D eigenvalue weighted by Gasteiger charge is -2.18. The maximum absolute atomic E-state index is 12.3. The molecule has 1 aromatic heterocycles. The lowest BCUT2D eigenvalue weighted by Crippen LogP contribution is -2.34. The Bertz CT molecular complexity index is 464. The van der Waals surface area contributed by atoms with Gasteiger partial charge >= 0.3 is 0 Å². The molecule has 1 aliphatic heterocycles. The van der Waals surface area contributed by atoms with Gasteiger partial charge in [0.1, 0.15) is 0 Å². The maximum atomic E-state index is 12.3. The van der Waals surface area contributed by atoms with E-state index in [1.165, 1.54) is 0 Å². The number of carbonyl (C=O) groups excluding carboxylic acids is 1. The van der Waals surface area contributed by atoms with E-state index in [0.29, 0.717) is 18.0 Å². The van der Waals surface area contributed by atoms with Gasteiger partial charge < -0.3 is 5.32 Å². The molecular formula is C14H23ClN4O. The zero-order valence-electron chi connectivity index (χ0n) is 12.3. The number of ketones is 1. The summed E-state index contributed by atoms with van der Waals surface area (Å²) in [6.45, 7) is 9.05. The lowest BCUT2D eigenvalue weighted by atomic mass is 10.2. The Morgan fingerprint density at radius 2 is 2.20 bits per heavy atom. The highest BCUT2D eigenvalue weighted by atomic mass is 35.5. The second-order valence-corrected chi connectivity index (χ2v) is 5.63. The molecular weight excluding hydrogens is 276 g/mol. The van der Waals surface area contributed by atoms with Gasteiger partial charge in [-0.3, -0.25) is 14.4 Å². The Hall–Kier alpha value is -0.910. The fraction of sp³-hybridized carbons (Fsp3) is 0.714. The average molecular weight is 299 g/mol. The van der Waals surface area contributed by atoms with Gasteiger partial charge in [-0.2, -0.15) is 5.10 Å².